The Kier molecular flexibility index (Phi) is 6.22. The number of sulfonamides is 1. The second kappa shape index (κ2) is 8.46. The molecule has 1 saturated heterocycles. The summed E-state index contributed by atoms with van der Waals surface area (Å²) in [6.45, 7) is 3.28. The van der Waals surface area contributed by atoms with Crippen molar-refractivity contribution in [2.45, 2.75) is 11.8 Å². The minimum atomic E-state index is -3.87. The number of benzene rings is 2. The summed E-state index contributed by atoms with van der Waals surface area (Å²) < 4.78 is 45.4. The molecule has 2 aromatic rings. The average Bonchev–Trinajstić information content (AvgIpc) is 2.69. The Labute approximate surface area is 168 Å². The van der Waals surface area contributed by atoms with Crippen LogP contribution < -0.4 is 4.90 Å². The van der Waals surface area contributed by atoms with Crippen LogP contribution in [0.1, 0.15) is 17.3 Å². The fourth-order valence-electron chi connectivity index (χ4n) is 3.02. The molecule has 0 unspecified atom stereocenters. The van der Waals surface area contributed by atoms with Crippen LogP contribution in [0, 0.1) is 5.82 Å². The van der Waals surface area contributed by atoms with Crippen LogP contribution in [-0.2, 0) is 14.8 Å². The number of carbonyl (C=O) groups excluding carboxylic acids is 1. The molecule has 0 spiro atoms. The third-order valence-corrected chi connectivity index (χ3v) is 6.87. The van der Waals surface area contributed by atoms with Crippen molar-refractivity contribution in [1.82, 2.24) is 4.31 Å². The smallest absolute Gasteiger partial charge is 0.338 e. The molecular formula is C19H20ClFN2O4S. The SMILES string of the molecule is CCOC(=O)c1ccc(Cl)c(S(=O)(=O)N2CCN(c3ccc(F)cc3)CC2)c1. The lowest BCUT2D eigenvalue weighted by molar-refractivity contribution is 0.0526. The molecule has 6 nitrogen and oxygen atoms in total. The topological polar surface area (TPSA) is 66.9 Å². The number of nitrogens with zero attached hydrogens (tertiary/aromatic N) is 2. The molecule has 1 heterocycles. The van der Waals surface area contributed by atoms with Crippen LogP contribution in [0.2, 0.25) is 5.02 Å². The summed E-state index contributed by atoms with van der Waals surface area (Å²) in [7, 11) is -3.87. The Balaban J connectivity index is 1.78. The molecule has 9 heteroatoms. The minimum Gasteiger partial charge on any atom is -0.462 e. The summed E-state index contributed by atoms with van der Waals surface area (Å²) in [5.74, 6) is -0.919. The Morgan fingerprint density at radius 3 is 2.36 bits per heavy atom. The predicted octanol–water partition coefficient (Wildman–Crippen LogP) is 3.17. The molecule has 1 aliphatic heterocycles. The van der Waals surface area contributed by atoms with Gasteiger partial charge in [-0.2, -0.15) is 4.31 Å². The average molecular weight is 427 g/mol. The van der Waals surface area contributed by atoms with Crippen molar-refractivity contribution >= 4 is 33.3 Å². The standard InChI is InChI=1S/C19H20ClFN2O4S/c1-2-27-19(24)14-3-8-17(20)18(13-14)28(25,26)23-11-9-22(10-12-23)16-6-4-15(21)5-7-16/h3-8,13H,2,9-12H2,1H3. The molecule has 3 rings (SSSR count). The van der Waals surface area contributed by atoms with Crippen LogP contribution in [0.25, 0.3) is 0 Å². The highest BCUT2D eigenvalue weighted by atomic mass is 35.5. The first-order valence-electron chi connectivity index (χ1n) is 8.80. The van der Waals surface area contributed by atoms with Gasteiger partial charge in [0.15, 0.2) is 0 Å². The molecule has 0 radical (unpaired) electrons. The van der Waals surface area contributed by atoms with Crippen molar-refractivity contribution in [2.75, 3.05) is 37.7 Å². The molecule has 150 valence electrons. The van der Waals surface area contributed by atoms with Crippen molar-refractivity contribution in [3.63, 3.8) is 0 Å². The Morgan fingerprint density at radius 1 is 1.11 bits per heavy atom. The number of rotatable bonds is 5. The van der Waals surface area contributed by atoms with E-state index in [2.05, 4.69) is 0 Å². The lowest BCUT2D eigenvalue weighted by atomic mass is 10.2. The van der Waals surface area contributed by atoms with E-state index in [9.17, 15) is 17.6 Å². The van der Waals surface area contributed by atoms with E-state index in [1.165, 1.54) is 34.6 Å². The normalized spacial score (nSPS) is 15.5. The Hall–Kier alpha value is -2.16. The van der Waals surface area contributed by atoms with Gasteiger partial charge in [-0.25, -0.2) is 17.6 Å². The van der Waals surface area contributed by atoms with Crippen LogP contribution >= 0.6 is 11.6 Å². The number of piperazine rings is 1. The zero-order valence-corrected chi connectivity index (χ0v) is 16.8. The van der Waals surface area contributed by atoms with Crippen molar-refractivity contribution in [1.29, 1.82) is 0 Å². The molecule has 28 heavy (non-hydrogen) atoms. The zero-order valence-electron chi connectivity index (χ0n) is 15.3. The Morgan fingerprint density at radius 2 is 1.75 bits per heavy atom. The maximum atomic E-state index is 13.1. The first kappa shape index (κ1) is 20.6. The van der Waals surface area contributed by atoms with Gasteiger partial charge in [0.25, 0.3) is 0 Å². The number of anilines is 1. The van der Waals surface area contributed by atoms with Gasteiger partial charge in [0.05, 0.1) is 17.2 Å². The maximum absolute atomic E-state index is 13.1. The van der Waals surface area contributed by atoms with Gasteiger partial charge in [0.2, 0.25) is 10.0 Å². The van der Waals surface area contributed by atoms with Gasteiger partial charge in [0.1, 0.15) is 10.7 Å². The van der Waals surface area contributed by atoms with Crippen molar-refractivity contribution in [3.8, 4) is 0 Å². The van der Waals surface area contributed by atoms with E-state index in [4.69, 9.17) is 16.3 Å². The number of ether oxygens (including phenoxy) is 1. The van der Waals surface area contributed by atoms with Crippen molar-refractivity contribution in [2.24, 2.45) is 0 Å². The summed E-state index contributed by atoms with van der Waals surface area (Å²) >= 11 is 6.12. The Bertz CT molecular complexity index is 958. The molecule has 0 atom stereocenters. The predicted molar refractivity (Wildman–Crippen MR) is 105 cm³/mol. The summed E-state index contributed by atoms with van der Waals surface area (Å²) in [6, 6.07) is 10.2. The molecule has 2 aromatic carbocycles. The van der Waals surface area contributed by atoms with Gasteiger partial charge < -0.3 is 9.64 Å². The van der Waals surface area contributed by atoms with Gasteiger partial charge in [-0.3, -0.25) is 0 Å². The van der Waals surface area contributed by atoms with Gasteiger partial charge >= 0.3 is 5.97 Å². The third kappa shape index (κ3) is 4.29. The molecule has 1 fully saturated rings. The highest BCUT2D eigenvalue weighted by Gasteiger charge is 2.31. The molecule has 0 amide bonds. The number of hydrogen-bond donors (Lipinski definition) is 0. The van der Waals surface area contributed by atoms with E-state index < -0.39 is 16.0 Å². The molecule has 1 aliphatic rings. The number of carbonyl (C=O) groups is 1. The molecule has 0 aromatic heterocycles. The lowest BCUT2D eigenvalue weighted by Crippen LogP contribution is -2.48. The van der Waals surface area contributed by atoms with E-state index >= 15 is 0 Å². The summed E-state index contributed by atoms with van der Waals surface area (Å²) in [5.41, 5.74) is 0.968. The van der Waals surface area contributed by atoms with Crippen LogP contribution in [0.3, 0.4) is 0 Å². The number of esters is 1. The van der Waals surface area contributed by atoms with Gasteiger partial charge in [-0.15, -0.1) is 0 Å². The fraction of sp³-hybridized carbons (Fsp3) is 0.316. The minimum absolute atomic E-state index is 0.0500. The molecule has 0 N–H and O–H groups in total. The number of hydrogen-bond acceptors (Lipinski definition) is 5. The van der Waals surface area contributed by atoms with E-state index in [1.807, 2.05) is 4.90 Å². The van der Waals surface area contributed by atoms with E-state index in [1.54, 1.807) is 19.1 Å². The number of halogens is 2. The van der Waals surface area contributed by atoms with Gasteiger partial charge in [0, 0.05) is 31.9 Å². The van der Waals surface area contributed by atoms with E-state index in [-0.39, 0.29) is 41.0 Å². The highest BCUT2D eigenvalue weighted by Crippen LogP contribution is 2.28. The zero-order chi connectivity index (χ0) is 20.3. The highest BCUT2D eigenvalue weighted by molar-refractivity contribution is 7.89. The lowest BCUT2D eigenvalue weighted by Gasteiger charge is -2.35. The molecule has 0 saturated carbocycles. The molecule has 0 bridgehead atoms. The maximum Gasteiger partial charge on any atom is 0.338 e. The molecule has 0 aliphatic carbocycles. The van der Waals surface area contributed by atoms with Crippen molar-refractivity contribution < 1.29 is 22.3 Å². The van der Waals surface area contributed by atoms with Crippen molar-refractivity contribution in [3.05, 3.63) is 58.9 Å². The monoisotopic (exact) mass is 426 g/mol. The summed E-state index contributed by atoms with van der Waals surface area (Å²) in [4.78, 5) is 13.8. The quantitative estimate of drug-likeness (QED) is 0.687. The first-order valence-corrected chi connectivity index (χ1v) is 10.6. The first-order chi connectivity index (χ1) is 13.3. The summed E-state index contributed by atoms with van der Waals surface area (Å²) in [6.07, 6.45) is 0. The summed E-state index contributed by atoms with van der Waals surface area (Å²) in [5, 5.41) is 0.0500. The molecular weight excluding hydrogens is 407 g/mol. The van der Waals surface area contributed by atoms with Gasteiger partial charge in [-0.1, -0.05) is 11.6 Å². The third-order valence-electron chi connectivity index (χ3n) is 4.49. The van der Waals surface area contributed by atoms with E-state index in [0.717, 1.165) is 5.69 Å². The van der Waals surface area contributed by atoms with Gasteiger partial charge in [-0.05, 0) is 49.4 Å². The second-order valence-corrected chi connectivity index (χ2v) is 8.55. The second-order valence-electron chi connectivity index (χ2n) is 6.23. The fourth-order valence-corrected chi connectivity index (χ4v) is 4.94. The van der Waals surface area contributed by atoms with Crippen LogP contribution in [0.4, 0.5) is 10.1 Å². The van der Waals surface area contributed by atoms with E-state index in [0.29, 0.717) is 13.1 Å². The van der Waals surface area contributed by atoms with Crippen LogP contribution in [-0.4, -0.2) is 51.5 Å². The largest absolute Gasteiger partial charge is 0.462 e. The van der Waals surface area contributed by atoms with Crippen LogP contribution in [0.15, 0.2) is 47.4 Å². The van der Waals surface area contributed by atoms with Crippen LogP contribution in [0.5, 0.6) is 0 Å².